The summed E-state index contributed by atoms with van der Waals surface area (Å²) in [6.07, 6.45) is 10.2. The van der Waals surface area contributed by atoms with Crippen LogP contribution in [0.3, 0.4) is 0 Å². The molecule has 0 saturated heterocycles. The summed E-state index contributed by atoms with van der Waals surface area (Å²) in [5.74, 6) is 0. The second-order valence-corrected chi connectivity index (χ2v) is 7.79. The predicted octanol–water partition coefficient (Wildman–Crippen LogP) is 2.43. The summed E-state index contributed by atoms with van der Waals surface area (Å²) in [5.41, 5.74) is 0.689. The van der Waals surface area contributed by atoms with Gasteiger partial charge in [-0.2, -0.15) is 0 Å². The molecule has 0 aromatic heterocycles. The van der Waals surface area contributed by atoms with E-state index in [1.807, 2.05) is 24.3 Å². The Morgan fingerprint density at radius 3 is 2.08 bits per heavy atom. The van der Waals surface area contributed by atoms with E-state index in [1.54, 1.807) is 6.07 Å². The van der Waals surface area contributed by atoms with Crippen LogP contribution in [0.25, 0.3) is 10.8 Å². The van der Waals surface area contributed by atoms with Crippen LogP contribution < -0.4 is 29.6 Å². The summed E-state index contributed by atoms with van der Waals surface area (Å²) in [7, 11) is -4.43. The molecule has 0 heterocycles. The third-order valence-corrected chi connectivity index (χ3v) is 5.47. The van der Waals surface area contributed by atoms with E-state index in [9.17, 15) is 13.0 Å². The summed E-state index contributed by atoms with van der Waals surface area (Å²) in [5, 5.41) is 1.87. The first-order valence-electron chi connectivity index (χ1n) is 9.00. The van der Waals surface area contributed by atoms with Gasteiger partial charge in [0, 0.05) is 0 Å². The molecule has 0 unspecified atom stereocenters. The van der Waals surface area contributed by atoms with Gasteiger partial charge in [-0.1, -0.05) is 82.2 Å². The molecule has 0 aliphatic rings. The number of hydrogen-bond donors (Lipinski definition) is 0. The second-order valence-electron chi connectivity index (χ2n) is 6.44. The van der Waals surface area contributed by atoms with E-state index in [-0.39, 0.29) is 34.5 Å². The van der Waals surface area contributed by atoms with Crippen LogP contribution in [-0.2, 0) is 16.5 Å². The van der Waals surface area contributed by atoms with Gasteiger partial charge in [-0.25, -0.2) is 8.42 Å². The van der Waals surface area contributed by atoms with Crippen molar-refractivity contribution < 1.29 is 42.5 Å². The Kier molecular flexibility index (Phi) is 10.3. The molecule has 5 heteroatoms. The largest absolute Gasteiger partial charge is 1.00 e. The molecular formula is C20H27NaO3S. The van der Waals surface area contributed by atoms with Crippen LogP contribution in [0.1, 0.15) is 63.9 Å². The maximum atomic E-state index is 11.6. The minimum Gasteiger partial charge on any atom is -0.744 e. The van der Waals surface area contributed by atoms with Crippen LogP contribution >= 0.6 is 0 Å². The summed E-state index contributed by atoms with van der Waals surface area (Å²) in [4.78, 5) is -0.0517. The average molecular weight is 370 g/mol. The number of aryl methyl sites for hydroxylation is 1. The Morgan fingerprint density at radius 2 is 1.44 bits per heavy atom. The van der Waals surface area contributed by atoms with Crippen LogP contribution in [0.5, 0.6) is 0 Å². The summed E-state index contributed by atoms with van der Waals surface area (Å²) < 4.78 is 34.7. The molecule has 0 atom stereocenters. The third-order valence-electron chi connectivity index (χ3n) is 4.55. The molecule has 2 aromatic carbocycles. The molecule has 0 aliphatic heterocycles. The Bertz CT molecular complexity index is 757. The maximum absolute atomic E-state index is 11.6. The number of unbranched alkanes of at least 4 members (excludes halogenated alkanes) is 7. The zero-order chi connectivity index (χ0) is 17.4. The van der Waals surface area contributed by atoms with Gasteiger partial charge < -0.3 is 4.55 Å². The second kappa shape index (κ2) is 11.3. The fraction of sp³-hybridized carbons (Fsp3) is 0.500. The number of rotatable bonds is 10. The molecule has 0 fully saturated rings. The van der Waals surface area contributed by atoms with Crippen molar-refractivity contribution in [1.82, 2.24) is 0 Å². The fourth-order valence-corrected chi connectivity index (χ4v) is 3.99. The molecule has 0 bridgehead atoms. The van der Waals surface area contributed by atoms with E-state index in [2.05, 4.69) is 6.92 Å². The van der Waals surface area contributed by atoms with Gasteiger partial charge in [-0.15, -0.1) is 0 Å². The molecule has 3 nitrogen and oxygen atoms in total. The summed E-state index contributed by atoms with van der Waals surface area (Å²) in [6.45, 7) is 2.21. The van der Waals surface area contributed by atoms with Crippen LogP contribution in [0.2, 0.25) is 0 Å². The number of hydrogen-bond acceptors (Lipinski definition) is 3. The van der Waals surface area contributed by atoms with Crippen molar-refractivity contribution in [3.05, 3.63) is 42.0 Å². The van der Waals surface area contributed by atoms with Crippen molar-refractivity contribution in [2.45, 2.75) is 69.6 Å². The number of benzene rings is 2. The molecule has 0 N–H and O–H groups in total. The monoisotopic (exact) mass is 370 g/mol. The smallest absolute Gasteiger partial charge is 0.744 e. The minimum atomic E-state index is -4.43. The standard InChI is InChI=1S/C20H28O3S.Na/c1-2-3-4-5-6-7-8-9-14-19-18-13-11-10-12-17(18)15-16-20(19)24(21,22)23;/h10-13,15-16H,2-9,14H2,1H3,(H,21,22,23);/q;+1/p-1. The Labute approximate surface area is 174 Å². The molecule has 0 saturated carbocycles. The molecule has 132 valence electrons. The van der Waals surface area contributed by atoms with E-state index >= 15 is 0 Å². The van der Waals surface area contributed by atoms with Crippen molar-refractivity contribution in [3.63, 3.8) is 0 Å². The fourth-order valence-electron chi connectivity index (χ4n) is 3.24. The van der Waals surface area contributed by atoms with Crippen LogP contribution in [0.15, 0.2) is 41.3 Å². The SMILES string of the molecule is CCCCCCCCCCc1c(S(=O)(=O)[O-])ccc2ccccc12.[Na+]. The van der Waals surface area contributed by atoms with Crippen LogP contribution in [0.4, 0.5) is 0 Å². The van der Waals surface area contributed by atoms with Gasteiger partial charge >= 0.3 is 29.6 Å². The van der Waals surface area contributed by atoms with Gasteiger partial charge in [-0.3, -0.25) is 0 Å². The Balaban J connectivity index is 0.00000312. The van der Waals surface area contributed by atoms with E-state index in [0.717, 1.165) is 23.6 Å². The van der Waals surface area contributed by atoms with Crippen molar-refractivity contribution in [2.75, 3.05) is 0 Å². The minimum absolute atomic E-state index is 0. The van der Waals surface area contributed by atoms with Crippen molar-refractivity contribution >= 4 is 20.9 Å². The topological polar surface area (TPSA) is 57.2 Å². The Hall–Kier alpha value is -0.390. The summed E-state index contributed by atoms with van der Waals surface area (Å²) >= 11 is 0. The molecule has 0 aliphatic carbocycles. The maximum Gasteiger partial charge on any atom is 1.00 e. The zero-order valence-corrected chi connectivity index (χ0v) is 18.3. The first-order chi connectivity index (χ1) is 11.5. The van der Waals surface area contributed by atoms with Gasteiger partial charge in [0.1, 0.15) is 10.1 Å². The number of fused-ring (bicyclic) bond motifs is 1. The molecule has 0 amide bonds. The van der Waals surface area contributed by atoms with E-state index in [4.69, 9.17) is 0 Å². The molecule has 2 aromatic rings. The van der Waals surface area contributed by atoms with Crippen molar-refractivity contribution in [1.29, 1.82) is 0 Å². The van der Waals surface area contributed by atoms with Crippen molar-refractivity contribution in [3.8, 4) is 0 Å². The molecule has 0 radical (unpaired) electrons. The molecule has 2 rings (SSSR count). The predicted molar refractivity (Wildman–Crippen MR) is 98.2 cm³/mol. The van der Waals surface area contributed by atoms with Gasteiger partial charge in [0.05, 0.1) is 4.90 Å². The molecular weight excluding hydrogens is 343 g/mol. The first-order valence-corrected chi connectivity index (χ1v) is 10.4. The van der Waals surface area contributed by atoms with Gasteiger partial charge in [-0.05, 0) is 35.2 Å². The normalized spacial score (nSPS) is 11.4. The molecule has 0 spiro atoms. The quantitative estimate of drug-likeness (QED) is 0.367. The average Bonchev–Trinajstić information content (AvgIpc) is 2.56. The van der Waals surface area contributed by atoms with E-state index < -0.39 is 10.1 Å². The van der Waals surface area contributed by atoms with Crippen molar-refractivity contribution in [2.24, 2.45) is 0 Å². The Morgan fingerprint density at radius 1 is 0.840 bits per heavy atom. The van der Waals surface area contributed by atoms with Gasteiger partial charge in [0.25, 0.3) is 0 Å². The van der Waals surface area contributed by atoms with Crippen LogP contribution in [0, 0.1) is 0 Å². The zero-order valence-electron chi connectivity index (χ0n) is 15.5. The van der Waals surface area contributed by atoms with E-state index in [0.29, 0.717) is 12.0 Å². The first kappa shape index (κ1) is 22.7. The van der Waals surface area contributed by atoms with E-state index in [1.165, 1.54) is 44.6 Å². The third kappa shape index (κ3) is 7.03. The van der Waals surface area contributed by atoms with Gasteiger partial charge in [0.15, 0.2) is 0 Å². The summed E-state index contributed by atoms with van der Waals surface area (Å²) in [6, 6.07) is 10.9. The molecule has 25 heavy (non-hydrogen) atoms. The van der Waals surface area contributed by atoms with Crippen LogP contribution in [-0.4, -0.2) is 13.0 Å². The van der Waals surface area contributed by atoms with Gasteiger partial charge in [0.2, 0.25) is 0 Å².